The Morgan fingerprint density at radius 3 is 3.00 bits per heavy atom. The summed E-state index contributed by atoms with van der Waals surface area (Å²) in [5, 5.41) is 11.9. The van der Waals surface area contributed by atoms with Gasteiger partial charge in [0.15, 0.2) is 0 Å². The van der Waals surface area contributed by atoms with E-state index in [9.17, 15) is 0 Å². The molecule has 0 aliphatic heterocycles. The molecule has 0 unspecified atom stereocenters. The highest BCUT2D eigenvalue weighted by Gasteiger charge is 2.00. The molecule has 4 nitrogen and oxygen atoms in total. The van der Waals surface area contributed by atoms with Gasteiger partial charge in [-0.1, -0.05) is 11.8 Å². The molecule has 0 amide bonds. The second kappa shape index (κ2) is 4.56. The molecule has 1 aromatic rings. The quantitative estimate of drug-likeness (QED) is 0.405. The SMILES string of the molecule is Cn1nnnc1SCCCCl. The predicted molar refractivity (Wildman–Crippen MR) is 44.9 cm³/mol. The van der Waals surface area contributed by atoms with Crippen LogP contribution in [0.25, 0.3) is 0 Å². The molecule has 62 valence electrons. The van der Waals surface area contributed by atoms with E-state index in [2.05, 4.69) is 15.5 Å². The first-order valence-electron chi connectivity index (χ1n) is 3.25. The van der Waals surface area contributed by atoms with Crippen molar-refractivity contribution in [1.29, 1.82) is 0 Å². The maximum atomic E-state index is 5.51. The van der Waals surface area contributed by atoms with Crippen LogP contribution in [0.5, 0.6) is 0 Å². The van der Waals surface area contributed by atoms with Gasteiger partial charge in [-0.05, 0) is 16.8 Å². The molecular weight excluding hydrogens is 184 g/mol. The fraction of sp³-hybridized carbons (Fsp3) is 0.800. The van der Waals surface area contributed by atoms with Crippen LogP contribution >= 0.6 is 23.4 Å². The summed E-state index contributed by atoms with van der Waals surface area (Å²) < 4.78 is 1.65. The Balaban J connectivity index is 2.32. The van der Waals surface area contributed by atoms with Crippen LogP contribution in [0.15, 0.2) is 5.16 Å². The molecule has 0 aromatic carbocycles. The highest BCUT2D eigenvalue weighted by Crippen LogP contribution is 2.13. The highest BCUT2D eigenvalue weighted by molar-refractivity contribution is 7.99. The zero-order chi connectivity index (χ0) is 8.10. The maximum Gasteiger partial charge on any atom is 0.209 e. The molecule has 1 rings (SSSR count). The lowest BCUT2D eigenvalue weighted by molar-refractivity contribution is 0.664. The Morgan fingerprint density at radius 1 is 1.64 bits per heavy atom. The van der Waals surface area contributed by atoms with Crippen molar-refractivity contribution in [1.82, 2.24) is 20.2 Å². The summed E-state index contributed by atoms with van der Waals surface area (Å²) in [5.74, 6) is 1.66. The van der Waals surface area contributed by atoms with Crippen molar-refractivity contribution >= 4 is 23.4 Å². The number of aryl methyl sites for hydroxylation is 1. The lowest BCUT2D eigenvalue weighted by Gasteiger charge is -1.95. The smallest absolute Gasteiger partial charge is 0.209 e. The van der Waals surface area contributed by atoms with Crippen molar-refractivity contribution < 1.29 is 0 Å². The number of rotatable bonds is 4. The average molecular weight is 193 g/mol. The second-order valence-electron chi connectivity index (χ2n) is 1.98. The molecule has 0 fully saturated rings. The molecule has 0 aliphatic rings. The maximum absolute atomic E-state index is 5.51. The number of halogens is 1. The fourth-order valence-corrected chi connectivity index (χ4v) is 1.64. The summed E-state index contributed by atoms with van der Waals surface area (Å²) in [7, 11) is 1.82. The van der Waals surface area contributed by atoms with Gasteiger partial charge in [-0.25, -0.2) is 4.68 Å². The summed E-state index contributed by atoms with van der Waals surface area (Å²) in [5.41, 5.74) is 0. The minimum atomic E-state index is 0.693. The van der Waals surface area contributed by atoms with Crippen LogP contribution in [-0.2, 0) is 7.05 Å². The summed E-state index contributed by atoms with van der Waals surface area (Å²) in [4.78, 5) is 0. The van der Waals surface area contributed by atoms with E-state index in [-0.39, 0.29) is 0 Å². The van der Waals surface area contributed by atoms with E-state index >= 15 is 0 Å². The van der Waals surface area contributed by atoms with Gasteiger partial charge in [-0.15, -0.1) is 16.7 Å². The predicted octanol–water partition coefficient (Wildman–Crippen LogP) is 0.931. The van der Waals surface area contributed by atoms with Gasteiger partial charge in [-0.3, -0.25) is 0 Å². The third kappa shape index (κ3) is 2.67. The molecule has 0 saturated heterocycles. The van der Waals surface area contributed by atoms with E-state index in [1.54, 1.807) is 16.4 Å². The first kappa shape index (κ1) is 8.80. The third-order valence-electron chi connectivity index (χ3n) is 1.09. The summed E-state index contributed by atoms with van der Waals surface area (Å²) >= 11 is 7.13. The lowest BCUT2D eigenvalue weighted by atomic mass is 10.6. The molecule has 0 bridgehead atoms. The minimum Gasteiger partial charge on any atom is -0.224 e. The van der Waals surface area contributed by atoms with E-state index in [0.717, 1.165) is 17.3 Å². The number of nitrogens with zero attached hydrogens (tertiary/aromatic N) is 4. The van der Waals surface area contributed by atoms with Crippen LogP contribution in [0, 0.1) is 0 Å². The van der Waals surface area contributed by atoms with Gasteiger partial charge < -0.3 is 0 Å². The molecule has 0 aliphatic carbocycles. The number of alkyl halides is 1. The van der Waals surface area contributed by atoms with Crippen LogP contribution in [0.3, 0.4) is 0 Å². The van der Waals surface area contributed by atoms with E-state index in [0.29, 0.717) is 5.88 Å². The average Bonchev–Trinajstić information content (AvgIpc) is 2.37. The Hall–Kier alpha value is -0.290. The van der Waals surface area contributed by atoms with Gasteiger partial charge in [0.2, 0.25) is 5.16 Å². The molecule has 0 saturated carbocycles. The van der Waals surface area contributed by atoms with Crippen LogP contribution in [-0.4, -0.2) is 31.8 Å². The Labute approximate surface area is 74.3 Å². The Bertz CT molecular complexity index is 214. The molecule has 6 heteroatoms. The van der Waals surface area contributed by atoms with Gasteiger partial charge in [-0.2, -0.15) is 0 Å². The largest absolute Gasteiger partial charge is 0.224 e. The molecule has 1 aromatic heterocycles. The van der Waals surface area contributed by atoms with Crippen molar-refractivity contribution in [2.75, 3.05) is 11.6 Å². The van der Waals surface area contributed by atoms with Crippen LogP contribution in [0.2, 0.25) is 0 Å². The Kier molecular flexibility index (Phi) is 3.65. The van der Waals surface area contributed by atoms with Crippen molar-refractivity contribution in [3.8, 4) is 0 Å². The van der Waals surface area contributed by atoms with Crippen LogP contribution in [0.4, 0.5) is 0 Å². The summed E-state index contributed by atoms with van der Waals surface area (Å²) in [6.07, 6.45) is 0.985. The number of aromatic nitrogens is 4. The van der Waals surface area contributed by atoms with Gasteiger partial charge in [0, 0.05) is 18.7 Å². The first-order chi connectivity index (χ1) is 5.34. The molecule has 0 N–H and O–H groups in total. The van der Waals surface area contributed by atoms with Crippen molar-refractivity contribution in [3.63, 3.8) is 0 Å². The Morgan fingerprint density at radius 2 is 2.45 bits per heavy atom. The van der Waals surface area contributed by atoms with Gasteiger partial charge in [0.05, 0.1) is 0 Å². The zero-order valence-electron chi connectivity index (χ0n) is 6.20. The van der Waals surface area contributed by atoms with E-state index in [1.165, 1.54) is 0 Å². The molecule has 0 radical (unpaired) electrons. The van der Waals surface area contributed by atoms with Gasteiger partial charge >= 0.3 is 0 Å². The third-order valence-corrected chi connectivity index (χ3v) is 2.45. The second-order valence-corrected chi connectivity index (χ2v) is 3.42. The molecule has 0 spiro atoms. The van der Waals surface area contributed by atoms with Crippen molar-refractivity contribution in [2.24, 2.45) is 7.05 Å². The number of hydrogen-bond donors (Lipinski definition) is 0. The molecular formula is C5H9ClN4S. The summed E-state index contributed by atoms with van der Waals surface area (Å²) in [6, 6.07) is 0. The monoisotopic (exact) mass is 192 g/mol. The van der Waals surface area contributed by atoms with Crippen LogP contribution in [0.1, 0.15) is 6.42 Å². The normalized spacial score (nSPS) is 10.4. The first-order valence-corrected chi connectivity index (χ1v) is 4.77. The minimum absolute atomic E-state index is 0.693. The van der Waals surface area contributed by atoms with Crippen LogP contribution < -0.4 is 0 Å². The fourth-order valence-electron chi connectivity index (χ4n) is 0.562. The number of tetrazole rings is 1. The van der Waals surface area contributed by atoms with Gasteiger partial charge in [0.1, 0.15) is 0 Å². The highest BCUT2D eigenvalue weighted by atomic mass is 35.5. The summed E-state index contributed by atoms with van der Waals surface area (Å²) in [6.45, 7) is 0. The molecule has 0 atom stereocenters. The topological polar surface area (TPSA) is 43.6 Å². The lowest BCUT2D eigenvalue weighted by Crippen LogP contribution is -1.93. The van der Waals surface area contributed by atoms with Gasteiger partial charge in [0.25, 0.3) is 0 Å². The number of thioether (sulfide) groups is 1. The van der Waals surface area contributed by atoms with E-state index in [1.807, 2.05) is 7.05 Å². The standard InChI is InChI=1S/C5H9ClN4S/c1-10-5(7-8-9-10)11-4-2-3-6/h2-4H2,1H3. The van der Waals surface area contributed by atoms with E-state index < -0.39 is 0 Å². The molecule has 1 heterocycles. The van der Waals surface area contributed by atoms with Crippen molar-refractivity contribution in [2.45, 2.75) is 11.6 Å². The van der Waals surface area contributed by atoms with Crippen molar-refractivity contribution in [3.05, 3.63) is 0 Å². The molecule has 11 heavy (non-hydrogen) atoms. The zero-order valence-corrected chi connectivity index (χ0v) is 7.77. The number of hydrogen-bond acceptors (Lipinski definition) is 4. The van der Waals surface area contributed by atoms with E-state index in [4.69, 9.17) is 11.6 Å².